The molecule has 8 heteroatoms. The maximum absolute atomic E-state index is 13.0. The van der Waals surface area contributed by atoms with Gasteiger partial charge in [0, 0.05) is 20.1 Å². The molecule has 0 radical (unpaired) electrons. The Morgan fingerprint density at radius 2 is 1.32 bits per heavy atom. The van der Waals surface area contributed by atoms with Gasteiger partial charge in [0.1, 0.15) is 0 Å². The molecule has 0 amide bonds. The highest BCUT2D eigenvalue weighted by atomic mass is 32.2. The van der Waals surface area contributed by atoms with Crippen molar-refractivity contribution in [2.24, 2.45) is 5.92 Å². The molecule has 0 bridgehead atoms. The summed E-state index contributed by atoms with van der Waals surface area (Å²) in [6.07, 6.45) is 1.66. The average molecular weight is 425 g/mol. The van der Waals surface area contributed by atoms with Gasteiger partial charge in [0.15, 0.2) is 0 Å². The van der Waals surface area contributed by atoms with Crippen molar-refractivity contribution in [3.05, 3.63) is 60.2 Å². The molecule has 0 heterocycles. The summed E-state index contributed by atoms with van der Waals surface area (Å²) < 4.78 is 54.2. The van der Waals surface area contributed by atoms with Crippen LogP contribution in [0.4, 0.5) is 0 Å². The van der Waals surface area contributed by atoms with Gasteiger partial charge in [0.2, 0.25) is 20.0 Å². The molecule has 1 N–H and O–H groups in total. The van der Waals surface area contributed by atoms with Crippen molar-refractivity contribution < 1.29 is 16.8 Å². The van der Waals surface area contributed by atoms with Crippen LogP contribution >= 0.6 is 0 Å². The van der Waals surface area contributed by atoms with E-state index in [9.17, 15) is 16.8 Å². The Morgan fingerprint density at radius 1 is 0.821 bits per heavy atom. The van der Waals surface area contributed by atoms with E-state index < -0.39 is 20.0 Å². The van der Waals surface area contributed by atoms with Gasteiger partial charge in [0.25, 0.3) is 0 Å². The zero-order valence-electron chi connectivity index (χ0n) is 16.7. The lowest BCUT2D eigenvalue weighted by Gasteiger charge is -2.27. The zero-order valence-corrected chi connectivity index (χ0v) is 18.3. The molecule has 0 aliphatic heterocycles. The smallest absolute Gasteiger partial charge is 0.207 e. The number of rotatable bonds is 9. The summed E-state index contributed by atoms with van der Waals surface area (Å²) in [5.41, 5.74) is 0.909. The Balaban J connectivity index is 2.37. The molecule has 2 aromatic carbocycles. The van der Waals surface area contributed by atoms with E-state index in [1.165, 1.54) is 38.4 Å². The largest absolute Gasteiger partial charge is 0.242 e. The van der Waals surface area contributed by atoms with Crippen LogP contribution in [0.1, 0.15) is 38.3 Å². The first-order valence-electron chi connectivity index (χ1n) is 9.23. The Morgan fingerprint density at radius 3 is 1.79 bits per heavy atom. The van der Waals surface area contributed by atoms with E-state index in [1.807, 2.05) is 44.2 Å². The Kier molecular flexibility index (Phi) is 7.39. The van der Waals surface area contributed by atoms with Gasteiger partial charge in [-0.25, -0.2) is 25.9 Å². The second kappa shape index (κ2) is 9.17. The number of sulfonamides is 2. The van der Waals surface area contributed by atoms with E-state index in [2.05, 4.69) is 4.72 Å². The number of hydrogen-bond acceptors (Lipinski definition) is 4. The summed E-state index contributed by atoms with van der Waals surface area (Å²) in [5.74, 6) is 0.144. The lowest BCUT2D eigenvalue weighted by molar-refractivity contribution is 0.378. The van der Waals surface area contributed by atoms with Gasteiger partial charge in [-0.3, -0.25) is 0 Å². The molecule has 1 atom stereocenters. The molecule has 0 spiro atoms. The minimum Gasteiger partial charge on any atom is -0.207 e. The molecule has 2 aromatic rings. The highest BCUT2D eigenvalue weighted by Crippen LogP contribution is 2.29. The minimum atomic E-state index is -3.81. The molecule has 154 valence electrons. The lowest BCUT2D eigenvalue weighted by atomic mass is 9.90. The summed E-state index contributed by atoms with van der Waals surface area (Å²) in [6.45, 7) is 4.08. The molecular formula is C20H28N2O4S2. The molecule has 28 heavy (non-hydrogen) atoms. The van der Waals surface area contributed by atoms with Crippen molar-refractivity contribution in [3.8, 4) is 0 Å². The summed E-state index contributed by atoms with van der Waals surface area (Å²) in [5, 5.41) is 0. The first kappa shape index (κ1) is 22.5. The maximum Gasteiger partial charge on any atom is 0.242 e. The van der Waals surface area contributed by atoms with Gasteiger partial charge in [-0.05, 0) is 35.7 Å². The van der Waals surface area contributed by atoms with Crippen molar-refractivity contribution in [2.45, 2.75) is 42.5 Å². The van der Waals surface area contributed by atoms with Crippen LogP contribution in [0.5, 0.6) is 0 Å². The fraction of sp³-hybridized carbons (Fsp3) is 0.400. The zero-order chi connectivity index (χ0) is 20.9. The predicted molar refractivity (Wildman–Crippen MR) is 111 cm³/mol. The normalized spacial score (nSPS) is 13.8. The quantitative estimate of drug-likeness (QED) is 0.669. The van der Waals surface area contributed by atoms with Gasteiger partial charge < -0.3 is 0 Å². The fourth-order valence-corrected chi connectivity index (χ4v) is 5.29. The van der Waals surface area contributed by atoms with Gasteiger partial charge in [-0.1, -0.05) is 57.0 Å². The highest BCUT2D eigenvalue weighted by molar-refractivity contribution is 7.89. The van der Waals surface area contributed by atoms with Crippen LogP contribution in [0.25, 0.3) is 0 Å². The average Bonchev–Trinajstić information content (AvgIpc) is 2.68. The third kappa shape index (κ3) is 5.00. The number of benzene rings is 2. The Hall–Kier alpha value is -1.74. The SMILES string of the molecule is CCC(CC)[C@H](NS(=O)(=O)c1ccc(S(=O)(=O)N(C)C)cc1)c1ccccc1. The predicted octanol–water partition coefficient (Wildman–Crippen LogP) is 3.39. The van der Waals surface area contributed by atoms with E-state index in [4.69, 9.17) is 0 Å². The van der Waals surface area contributed by atoms with Crippen molar-refractivity contribution in [1.82, 2.24) is 9.03 Å². The van der Waals surface area contributed by atoms with E-state index in [-0.39, 0.29) is 21.8 Å². The van der Waals surface area contributed by atoms with Crippen LogP contribution in [-0.4, -0.2) is 35.2 Å². The first-order chi connectivity index (χ1) is 13.1. The number of nitrogens with one attached hydrogen (secondary N) is 1. The van der Waals surface area contributed by atoms with Gasteiger partial charge >= 0.3 is 0 Å². The number of nitrogens with zero attached hydrogens (tertiary/aromatic N) is 1. The molecule has 0 saturated heterocycles. The third-order valence-electron chi connectivity index (χ3n) is 4.87. The van der Waals surface area contributed by atoms with E-state index in [0.717, 1.165) is 22.7 Å². The molecule has 0 aromatic heterocycles. The van der Waals surface area contributed by atoms with Crippen LogP contribution in [0.3, 0.4) is 0 Å². The second-order valence-corrected chi connectivity index (χ2v) is 10.7. The molecule has 0 saturated carbocycles. The van der Waals surface area contributed by atoms with Gasteiger partial charge in [-0.2, -0.15) is 0 Å². The summed E-state index contributed by atoms with van der Waals surface area (Å²) in [6, 6.07) is 14.4. The van der Waals surface area contributed by atoms with Crippen molar-refractivity contribution in [3.63, 3.8) is 0 Å². The summed E-state index contributed by atoms with van der Waals surface area (Å²) in [4.78, 5) is 0.0909. The fourth-order valence-electron chi connectivity index (χ4n) is 3.09. The van der Waals surface area contributed by atoms with Crippen LogP contribution in [0.15, 0.2) is 64.4 Å². The molecular weight excluding hydrogens is 396 g/mol. The van der Waals surface area contributed by atoms with Gasteiger partial charge in [0.05, 0.1) is 9.79 Å². The number of hydrogen-bond donors (Lipinski definition) is 1. The molecule has 6 nitrogen and oxygen atoms in total. The lowest BCUT2D eigenvalue weighted by Crippen LogP contribution is -2.33. The van der Waals surface area contributed by atoms with Crippen LogP contribution in [0, 0.1) is 5.92 Å². The molecule has 0 fully saturated rings. The monoisotopic (exact) mass is 424 g/mol. The standard InChI is InChI=1S/C20H28N2O4S2/c1-5-16(6-2)20(17-10-8-7-9-11-17)21-27(23,24)18-12-14-19(15-13-18)28(25,26)22(3)4/h7-16,20-21H,5-6H2,1-4H3/t20-/m0/s1. The maximum atomic E-state index is 13.0. The summed E-state index contributed by atoms with van der Waals surface area (Å²) >= 11 is 0. The molecule has 0 aliphatic rings. The van der Waals surface area contributed by atoms with E-state index >= 15 is 0 Å². The first-order valence-corrected chi connectivity index (χ1v) is 12.2. The molecule has 0 unspecified atom stereocenters. The van der Waals surface area contributed by atoms with E-state index in [1.54, 1.807) is 0 Å². The summed E-state index contributed by atoms with van der Waals surface area (Å²) in [7, 11) is -4.56. The van der Waals surface area contributed by atoms with Crippen molar-refractivity contribution in [1.29, 1.82) is 0 Å². The van der Waals surface area contributed by atoms with Crippen LogP contribution < -0.4 is 4.72 Å². The van der Waals surface area contributed by atoms with Gasteiger partial charge in [-0.15, -0.1) is 0 Å². The Labute approximate surface area is 168 Å². The Bertz CT molecular complexity index is 967. The topological polar surface area (TPSA) is 83.5 Å². The van der Waals surface area contributed by atoms with Crippen LogP contribution in [0.2, 0.25) is 0 Å². The second-order valence-electron chi connectivity index (χ2n) is 6.85. The van der Waals surface area contributed by atoms with Crippen LogP contribution in [-0.2, 0) is 20.0 Å². The molecule has 0 aliphatic carbocycles. The highest BCUT2D eigenvalue weighted by Gasteiger charge is 2.27. The van der Waals surface area contributed by atoms with Crippen molar-refractivity contribution in [2.75, 3.05) is 14.1 Å². The van der Waals surface area contributed by atoms with Crippen molar-refractivity contribution >= 4 is 20.0 Å². The van der Waals surface area contributed by atoms with E-state index in [0.29, 0.717) is 0 Å². The minimum absolute atomic E-state index is 0.0390. The third-order valence-corrected chi connectivity index (χ3v) is 8.16. The molecule has 2 rings (SSSR count).